The van der Waals surface area contributed by atoms with Crippen molar-refractivity contribution in [2.75, 3.05) is 0 Å². The molecule has 0 heterocycles. The van der Waals surface area contributed by atoms with Gasteiger partial charge in [-0.2, -0.15) is 0 Å². The Kier molecular flexibility index (Phi) is 1.12. The van der Waals surface area contributed by atoms with Crippen molar-refractivity contribution in [3.63, 3.8) is 0 Å². The molecule has 0 unspecified atom stereocenters. The molecule has 2 fully saturated rings. The molecule has 0 heteroatoms. The zero-order valence-corrected chi connectivity index (χ0v) is 6.32. The highest BCUT2D eigenvalue weighted by Gasteiger charge is 2.50. The van der Waals surface area contributed by atoms with E-state index >= 15 is 0 Å². The summed E-state index contributed by atoms with van der Waals surface area (Å²) in [5.41, 5.74) is 0.887. The minimum Gasteiger partial charge on any atom is -0.0620 e. The Balaban J connectivity index is 1.97. The monoisotopic (exact) mass is 124 g/mol. The summed E-state index contributed by atoms with van der Waals surface area (Å²) in [6, 6.07) is 0. The largest absolute Gasteiger partial charge is 0.0620 e. The summed E-state index contributed by atoms with van der Waals surface area (Å²) < 4.78 is 0. The lowest BCUT2D eigenvalue weighted by molar-refractivity contribution is 0.313. The molecule has 0 aromatic heterocycles. The van der Waals surface area contributed by atoms with E-state index in [0.29, 0.717) is 0 Å². The first-order valence-corrected chi connectivity index (χ1v) is 4.33. The fourth-order valence-electron chi connectivity index (χ4n) is 2.50. The van der Waals surface area contributed by atoms with Crippen molar-refractivity contribution in [1.29, 1.82) is 0 Å². The second-order valence-corrected chi connectivity index (χ2v) is 4.03. The lowest BCUT2D eigenvalue weighted by atomic mass is 9.85. The van der Waals surface area contributed by atoms with Crippen LogP contribution >= 0.6 is 0 Å². The smallest absolute Gasteiger partial charge is 0.0269 e. The summed E-state index contributed by atoms with van der Waals surface area (Å²) in [4.78, 5) is 0. The molecule has 0 amide bonds. The van der Waals surface area contributed by atoms with Crippen LogP contribution in [0.25, 0.3) is 0 Å². The van der Waals surface area contributed by atoms with E-state index in [2.05, 4.69) is 6.92 Å². The molecule has 0 nitrogen and oxygen atoms in total. The number of hydrogen-bond donors (Lipinski definition) is 0. The maximum Gasteiger partial charge on any atom is -0.0269 e. The molecule has 0 N–H and O–H groups in total. The van der Waals surface area contributed by atoms with Gasteiger partial charge in [0, 0.05) is 0 Å². The summed E-state index contributed by atoms with van der Waals surface area (Å²) in [5.74, 6) is 1.08. The first-order chi connectivity index (χ1) is 4.33. The average Bonchev–Trinajstić information content (AvgIpc) is 2.44. The second kappa shape index (κ2) is 1.74. The Morgan fingerprint density at radius 2 is 1.67 bits per heavy atom. The lowest BCUT2D eigenvalue weighted by Gasteiger charge is -2.21. The van der Waals surface area contributed by atoms with Crippen LogP contribution in [0.1, 0.15) is 45.4 Å². The first-order valence-electron chi connectivity index (χ1n) is 4.33. The number of rotatable bonds is 0. The van der Waals surface area contributed by atoms with Crippen LogP contribution in [0.2, 0.25) is 0 Å². The zero-order chi connectivity index (χ0) is 6.32. The summed E-state index contributed by atoms with van der Waals surface area (Å²) in [5, 5.41) is 0. The molecular formula is C9H16. The second-order valence-electron chi connectivity index (χ2n) is 4.03. The van der Waals surface area contributed by atoms with Crippen LogP contribution < -0.4 is 0 Å². The van der Waals surface area contributed by atoms with Crippen LogP contribution in [0.3, 0.4) is 0 Å². The standard InChI is InChI=1S/C9H16/c1-8-7-9(8)5-3-2-4-6-9/h8H,2-7H2,1H3/t8-/m1/s1. The molecule has 1 spiro atoms. The van der Waals surface area contributed by atoms with E-state index in [1.54, 1.807) is 19.3 Å². The van der Waals surface area contributed by atoms with Crippen LogP contribution in [0.5, 0.6) is 0 Å². The normalized spacial score (nSPS) is 39.0. The maximum atomic E-state index is 2.42. The molecule has 0 saturated heterocycles. The van der Waals surface area contributed by atoms with Gasteiger partial charge in [0.1, 0.15) is 0 Å². The van der Waals surface area contributed by atoms with Gasteiger partial charge in [-0.25, -0.2) is 0 Å². The Hall–Kier alpha value is 0. The predicted molar refractivity (Wildman–Crippen MR) is 39.3 cm³/mol. The van der Waals surface area contributed by atoms with Crippen molar-refractivity contribution in [3.8, 4) is 0 Å². The highest BCUT2D eigenvalue weighted by Crippen LogP contribution is 2.60. The van der Waals surface area contributed by atoms with Crippen molar-refractivity contribution in [1.82, 2.24) is 0 Å². The van der Waals surface area contributed by atoms with E-state index in [0.717, 1.165) is 11.3 Å². The van der Waals surface area contributed by atoms with E-state index < -0.39 is 0 Å². The third-order valence-corrected chi connectivity index (χ3v) is 3.45. The fraction of sp³-hybridized carbons (Fsp3) is 1.00. The van der Waals surface area contributed by atoms with Gasteiger partial charge in [0.05, 0.1) is 0 Å². The van der Waals surface area contributed by atoms with Crippen LogP contribution in [-0.2, 0) is 0 Å². The molecule has 2 saturated carbocycles. The molecule has 2 rings (SSSR count). The fourth-order valence-corrected chi connectivity index (χ4v) is 2.50. The molecule has 0 aromatic carbocycles. The van der Waals surface area contributed by atoms with Gasteiger partial charge < -0.3 is 0 Å². The van der Waals surface area contributed by atoms with E-state index in [4.69, 9.17) is 0 Å². The van der Waals surface area contributed by atoms with Crippen molar-refractivity contribution in [2.24, 2.45) is 11.3 Å². The SMILES string of the molecule is C[C@@H]1CC12CCCCC2. The third-order valence-electron chi connectivity index (χ3n) is 3.45. The van der Waals surface area contributed by atoms with E-state index in [1.807, 2.05) is 0 Å². The van der Waals surface area contributed by atoms with Crippen LogP contribution in [0.15, 0.2) is 0 Å². The maximum absolute atomic E-state index is 2.42. The van der Waals surface area contributed by atoms with Crippen LogP contribution in [-0.4, -0.2) is 0 Å². The minimum atomic E-state index is 0.887. The van der Waals surface area contributed by atoms with Gasteiger partial charge in [0.2, 0.25) is 0 Å². The van der Waals surface area contributed by atoms with Gasteiger partial charge >= 0.3 is 0 Å². The molecule has 2 aliphatic rings. The Morgan fingerprint density at radius 1 is 1.11 bits per heavy atom. The summed E-state index contributed by atoms with van der Waals surface area (Å²) >= 11 is 0. The van der Waals surface area contributed by atoms with E-state index in [1.165, 1.54) is 19.3 Å². The van der Waals surface area contributed by atoms with Crippen molar-refractivity contribution in [2.45, 2.75) is 45.4 Å². The Morgan fingerprint density at radius 3 is 2.00 bits per heavy atom. The van der Waals surface area contributed by atoms with Gasteiger partial charge in [0.25, 0.3) is 0 Å². The van der Waals surface area contributed by atoms with Gasteiger partial charge in [-0.05, 0) is 30.6 Å². The van der Waals surface area contributed by atoms with Crippen molar-refractivity contribution >= 4 is 0 Å². The van der Waals surface area contributed by atoms with Crippen LogP contribution in [0, 0.1) is 11.3 Å². The van der Waals surface area contributed by atoms with Gasteiger partial charge in [-0.1, -0.05) is 26.2 Å². The molecule has 0 bridgehead atoms. The molecule has 0 aromatic rings. The van der Waals surface area contributed by atoms with Gasteiger partial charge in [0.15, 0.2) is 0 Å². The van der Waals surface area contributed by atoms with E-state index in [9.17, 15) is 0 Å². The zero-order valence-electron chi connectivity index (χ0n) is 6.32. The molecule has 1 atom stereocenters. The Labute approximate surface area is 57.6 Å². The average molecular weight is 124 g/mol. The quantitative estimate of drug-likeness (QED) is 0.465. The van der Waals surface area contributed by atoms with Gasteiger partial charge in [-0.15, -0.1) is 0 Å². The molecule has 0 aliphatic heterocycles. The summed E-state index contributed by atoms with van der Waals surface area (Å²) in [6.07, 6.45) is 9.19. The molecule has 9 heavy (non-hydrogen) atoms. The van der Waals surface area contributed by atoms with Crippen molar-refractivity contribution < 1.29 is 0 Å². The van der Waals surface area contributed by atoms with Crippen LogP contribution in [0.4, 0.5) is 0 Å². The molecule has 52 valence electrons. The number of hydrogen-bond acceptors (Lipinski definition) is 0. The summed E-state index contributed by atoms with van der Waals surface area (Å²) in [6.45, 7) is 2.42. The predicted octanol–water partition coefficient (Wildman–Crippen LogP) is 2.98. The minimum absolute atomic E-state index is 0.887. The highest BCUT2D eigenvalue weighted by molar-refractivity contribution is 5.00. The summed E-state index contributed by atoms with van der Waals surface area (Å²) in [7, 11) is 0. The highest BCUT2D eigenvalue weighted by atomic mass is 14.5. The lowest BCUT2D eigenvalue weighted by Crippen LogP contribution is -2.07. The molecule has 0 radical (unpaired) electrons. The van der Waals surface area contributed by atoms with Crippen molar-refractivity contribution in [3.05, 3.63) is 0 Å². The van der Waals surface area contributed by atoms with Gasteiger partial charge in [-0.3, -0.25) is 0 Å². The molecule has 2 aliphatic carbocycles. The Bertz CT molecular complexity index is 109. The first kappa shape index (κ1) is 5.76. The van der Waals surface area contributed by atoms with E-state index in [-0.39, 0.29) is 0 Å². The topological polar surface area (TPSA) is 0 Å². The third kappa shape index (κ3) is 0.798. The molecular weight excluding hydrogens is 108 g/mol.